The highest BCUT2D eigenvalue weighted by atomic mass is 79.9. The molecule has 2 aromatic carbocycles. The van der Waals surface area contributed by atoms with Gasteiger partial charge in [-0.15, -0.1) is 0 Å². The molecule has 22 heavy (non-hydrogen) atoms. The first-order chi connectivity index (χ1) is 10.6. The van der Waals surface area contributed by atoms with E-state index in [1.54, 1.807) is 36.4 Å². The number of nitrogens with one attached hydrogen (secondary N) is 1. The van der Waals surface area contributed by atoms with Crippen LogP contribution >= 0.6 is 15.9 Å². The second-order valence-electron chi connectivity index (χ2n) is 4.81. The first kappa shape index (κ1) is 15.3. The molecular formula is C15H14BrNO4S. The zero-order valence-corrected chi connectivity index (χ0v) is 13.9. The lowest BCUT2D eigenvalue weighted by Gasteiger charge is -2.12. The summed E-state index contributed by atoms with van der Waals surface area (Å²) in [5, 5.41) is 0. The highest BCUT2D eigenvalue weighted by Crippen LogP contribution is 2.33. The van der Waals surface area contributed by atoms with E-state index < -0.39 is 10.0 Å². The van der Waals surface area contributed by atoms with Gasteiger partial charge < -0.3 is 9.47 Å². The van der Waals surface area contributed by atoms with Crippen molar-refractivity contribution in [2.45, 2.75) is 11.0 Å². The third kappa shape index (κ3) is 3.60. The minimum absolute atomic E-state index is 0.106. The Morgan fingerprint density at radius 3 is 2.59 bits per heavy atom. The lowest BCUT2D eigenvalue weighted by molar-refractivity contribution is 0.261. The largest absolute Gasteiger partial charge is 0.490 e. The van der Waals surface area contributed by atoms with Gasteiger partial charge in [-0.25, -0.2) is 8.42 Å². The number of benzene rings is 2. The molecule has 0 aliphatic carbocycles. The molecule has 1 unspecified atom stereocenters. The lowest BCUT2D eigenvalue weighted by atomic mass is 10.3. The zero-order chi connectivity index (χ0) is 15.6. The maximum absolute atomic E-state index is 12.5. The maximum atomic E-state index is 12.5. The number of halogens is 1. The van der Waals surface area contributed by atoms with Gasteiger partial charge >= 0.3 is 0 Å². The topological polar surface area (TPSA) is 67.9 Å². The summed E-state index contributed by atoms with van der Waals surface area (Å²) in [5.41, 5.74) is 0.507. The summed E-state index contributed by atoms with van der Waals surface area (Å²) < 4.78 is 38.6. The minimum Gasteiger partial charge on any atom is -0.490 e. The number of sulfonamides is 1. The van der Waals surface area contributed by atoms with E-state index >= 15 is 0 Å². The number of anilines is 1. The third-order valence-electron chi connectivity index (χ3n) is 3.07. The van der Waals surface area contributed by atoms with Gasteiger partial charge in [0.25, 0.3) is 10.0 Å². The van der Waals surface area contributed by atoms with Crippen molar-refractivity contribution in [3.63, 3.8) is 0 Å². The zero-order valence-electron chi connectivity index (χ0n) is 11.5. The molecule has 0 amide bonds. The van der Waals surface area contributed by atoms with E-state index in [0.717, 1.165) is 0 Å². The normalized spacial score (nSPS) is 17.0. The van der Waals surface area contributed by atoms with Crippen molar-refractivity contribution in [3.05, 3.63) is 53.0 Å². The molecule has 0 radical (unpaired) electrons. The van der Waals surface area contributed by atoms with Crippen LogP contribution in [0.15, 0.2) is 57.9 Å². The third-order valence-corrected chi connectivity index (χ3v) is 5.57. The van der Waals surface area contributed by atoms with Gasteiger partial charge in [0.15, 0.2) is 0 Å². The SMILES string of the molecule is O=S(=O)(Nc1ccccc1)c1cccc(OCC2CO2)c1Br. The van der Waals surface area contributed by atoms with Crippen LogP contribution in [0.25, 0.3) is 0 Å². The van der Waals surface area contributed by atoms with E-state index in [0.29, 0.717) is 29.1 Å². The summed E-state index contributed by atoms with van der Waals surface area (Å²) in [4.78, 5) is 0.130. The number of epoxide rings is 1. The fourth-order valence-electron chi connectivity index (χ4n) is 1.87. The van der Waals surface area contributed by atoms with Gasteiger partial charge in [0, 0.05) is 5.69 Å². The highest BCUT2D eigenvalue weighted by molar-refractivity contribution is 9.10. The average molecular weight is 384 g/mol. The molecule has 1 N–H and O–H groups in total. The van der Waals surface area contributed by atoms with E-state index in [-0.39, 0.29) is 11.0 Å². The van der Waals surface area contributed by atoms with E-state index in [4.69, 9.17) is 9.47 Å². The second kappa shape index (κ2) is 6.28. The van der Waals surface area contributed by atoms with Gasteiger partial charge in [-0.2, -0.15) is 0 Å². The second-order valence-corrected chi connectivity index (χ2v) is 7.25. The molecule has 5 nitrogen and oxygen atoms in total. The lowest BCUT2D eigenvalue weighted by Crippen LogP contribution is -2.14. The van der Waals surface area contributed by atoms with E-state index in [2.05, 4.69) is 20.7 Å². The Balaban J connectivity index is 1.84. The molecule has 0 bridgehead atoms. The number of rotatable bonds is 6. The molecule has 1 heterocycles. The molecule has 1 fully saturated rings. The molecule has 116 valence electrons. The molecule has 1 saturated heterocycles. The van der Waals surface area contributed by atoms with Crippen LogP contribution in [0.3, 0.4) is 0 Å². The molecule has 3 rings (SSSR count). The van der Waals surface area contributed by atoms with Crippen LogP contribution in [0, 0.1) is 0 Å². The molecule has 1 aliphatic rings. The van der Waals surface area contributed by atoms with Crippen LogP contribution in [-0.4, -0.2) is 27.7 Å². The fourth-order valence-corrected chi connectivity index (χ4v) is 4.04. The number of hydrogen-bond acceptors (Lipinski definition) is 4. The van der Waals surface area contributed by atoms with E-state index in [1.165, 1.54) is 6.07 Å². The van der Waals surface area contributed by atoms with Crippen LogP contribution in [0.1, 0.15) is 0 Å². The Morgan fingerprint density at radius 1 is 1.18 bits per heavy atom. The summed E-state index contributed by atoms with van der Waals surface area (Å²) in [6, 6.07) is 13.6. The number of ether oxygens (including phenoxy) is 2. The van der Waals surface area contributed by atoms with Crippen molar-refractivity contribution in [2.24, 2.45) is 0 Å². The molecule has 2 aromatic rings. The van der Waals surface area contributed by atoms with Crippen molar-refractivity contribution in [3.8, 4) is 5.75 Å². The van der Waals surface area contributed by atoms with Crippen LogP contribution in [0.2, 0.25) is 0 Å². The smallest absolute Gasteiger partial charge is 0.263 e. The molecular weight excluding hydrogens is 370 g/mol. The summed E-state index contributed by atoms with van der Waals surface area (Å²) in [6.07, 6.45) is 0.106. The number of para-hydroxylation sites is 1. The Kier molecular flexibility index (Phi) is 4.37. The predicted octanol–water partition coefficient (Wildman–Crippen LogP) is 3.03. The molecule has 0 aromatic heterocycles. The van der Waals surface area contributed by atoms with Gasteiger partial charge in [-0.1, -0.05) is 24.3 Å². The standard InChI is InChI=1S/C15H14BrNO4S/c16-15-13(21-10-12-9-20-12)7-4-8-14(15)22(18,19)17-11-5-2-1-3-6-11/h1-8,12,17H,9-10H2. The van der Waals surface area contributed by atoms with Crippen LogP contribution in [-0.2, 0) is 14.8 Å². The summed E-state index contributed by atoms with van der Waals surface area (Å²) in [5.74, 6) is 0.478. The van der Waals surface area contributed by atoms with Crippen molar-refractivity contribution in [1.82, 2.24) is 0 Å². The van der Waals surface area contributed by atoms with Gasteiger partial charge in [0.1, 0.15) is 23.4 Å². The summed E-state index contributed by atoms with van der Waals surface area (Å²) in [7, 11) is -3.70. The van der Waals surface area contributed by atoms with Gasteiger partial charge in [0.2, 0.25) is 0 Å². The molecule has 7 heteroatoms. The first-order valence-electron chi connectivity index (χ1n) is 6.67. The van der Waals surface area contributed by atoms with Crippen LogP contribution in [0.5, 0.6) is 5.75 Å². The van der Waals surface area contributed by atoms with Crippen LogP contribution in [0.4, 0.5) is 5.69 Å². The monoisotopic (exact) mass is 383 g/mol. The molecule has 0 spiro atoms. The molecule has 1 aliphatic heterocycles. The van der Waals surface area contributed by atoms with Crippen molar-refractivity contribution in [2.75, 3.05) is 17.9 Å². The Bertz CT molecular complexity index is 760. The highest BCUT2D eigenvalue weighted by Gasteiger charge is 2.25. The summed E-state index contributed by atoms with van der Waals surface area (Å²) in [6.45, 7) is 1.10. The van der Waals surface area contributed by atoms with Crippen molar-refractivity contribution in [1.29, 1.82) is 0 Å². The van der Waals surface area contributed by atoms with Gasteiger partial charge in [-0.05, 0) is 40.2 Å². The van der Waals surface area contributed by atoms with E-state index in [1.807, 2.05) is 6.07 Å². The van der Waals surface area contributed by atoms with Crippen LogP contribution < -0.4 is 9.46 Å². The van der Waals surface area contributed by atoms with Gasteiger partial charge in [0.05, 0.1) is 11.1 Å². The Labute approximate surface area is 137 Å². The Morgan fingerprint density at radius 2 is 1.91 bits per heavy atom. The summed E-state index contributed by atoms with van der Waals surface area (Å²) >= 11 is 3.32. The molecule has 0 saturated carbocycles. The van der Waals surface area contributed by atoms with Crippen molar-refractivity contribution < 1.29 is 17.9 Å². The predicted molar refractivity (Wildman–Crippen MR) is 86.6 cm³/mol. The first-order valence-corrected chi connectivity index (χ1v) is 8.95. The fraction of sp³-hybridized carbons (Fsp3) is 0.200. The van der Waals surface area contributed by atoms with E-state index in [9.17, 15) is 8.42 Å². The average Bonchev–Trinajstić information content (AvgIpc) is 3.31. The minimum atomic E-state index is -3.70. The maximum Gasteiger partial charge on any atom is 0.263 e. The van der Waals surface area contributed by atoms with Crippen molar-refractivity contribution >= 4 is 31.6 Å². The molecule has 1 atom stereocenters. The number of hydrogen-bond donors (Lipinski definition) is 1. The quantitative estimate of drug-likeness (QED) is 0.778. The van der Waals surface area contributed by atoms with Gasteiger partial charge in [-0.3, -0.25) is 4.72 Å². The Hall–Kier alpha value is -1.57.